The number of hydrogen-bond donors (Lipinski definition) is 2. The van der Waals surface area contributed by atoms with E-state index in [1.165, 1.54) is 12.1 Å². The second kappa shape index (κ2) is 11.4. The second-order valence-electron chi connectivity index (χ2n) is 5.17. The molecule has 1 amide bonds. The molecule has 0 radical (unpaired) electrons. The zero-order chi connectivity index (χ0) is 17.7. The van der Waals surface area contributed by atoms with E-state index in [1.54, 1.807) is 36.4 Å². The SMILES string of the molecule is Nc1ccc(C(=O)Nc2ccc(CC(C(=O)[O-])C(=O)[O-])cc2)cc1.[Na+].[Na+]. The minimum Gasteiger partial charge on any atom is -0.549 e. The van der Waals surface area contributed by atoms with Crippen molar-refractivity contribution in [2.75, 3.05) is 11.1 Å². The number of rotatable bonds is 6. The molecule has 0 aliphatic carbocycles. The molecule has 124 valence electrons. The number of anilines is 2. The number of nitrogen functional groups attached to an aromatic ring is 1. The van der Waals surface area contributed by atoms with Crippen LogP contribution in [0.4, 0.5) is 11.4 Å². The van der Waals surface area contributed by atoms with Gasteiger partial charge in [-0.25, -0.2) is 0 Å². The van der Waals surface area contributed by atoms with Crippen molar-refractivity contribution in [3.63, 3.8) is 0 Å². The number of hydrogen-bond acceptors (Lipinski definition) is 6. The van der Waals surface area contributed by atoms with Gasteiger partial charge in [0.15, 0.2) is 0 Å². The molecule has 0 fully saturated rings. The van der Waals surface area contributed by atoms with Gasteiger partial charge in [0.1, 0.15) is 0 Å². The van der Waals surface area contributed by atoms with E-state index in [0.29, 0.717) is 22.5 Å². The van der Waals surface area contributed by atoms with Gasteiger partial charge in [0.2, 0.25) is 0 Å². The summed E-state index contributed by atoms with van der Waals surface area (Å²) in [6, 6.07) is 12.5. The maximum absolute atomic E-state index is 12.0. The van der Waals surface area contributed by atoms with E-state index in [2.05, 4.69) is 5.32 Å². The smallest absolute Gasteiger partial charge is 0.549 e. The van der Waals surface area contributed by atoms with Crippen LogP contribution in [0.5, 0.6) is 0 Å². The molecule has 3 N–H and O–H groups in total. The van der Waals surface area contributed by atoms with Gasteiger partial charge in [0.05, 0.1) is 11.9 Å². The van der Waals surface area contributed by atoms with Gasteiger partial charge in [-0.15, -0.1) is 0 Å². The number of benzene rings is 2. The van der Waals surface area contributed by atoms with Crippen molar-refractivity contribution >= 4 is 29.2 Å². The number of aliphatic carboxylic acids is 2. The average Bonchev–Trinajstić information content (AvgIpc) is 2.54. The van der Waals surface area contributed by atoms with Crippen LogP contribution in [-0.4, -0.2) is 17.8 Å². The Hall–Kier alpha value is -1.35. The van der Waals surface area contributed by atoms with Crippen LogP contribution in [0.15, 0.2) is 48.5 Å². The Morgan fingerprint density at radius 3 is 1.85 bits per heavy atom. The molecule has 0 saturated heterocycles. The molecule has 0 heterocycles. The monoisotopic (exact) mass is 372 g/mol. The molecule has 0 atom stereocenters. The summed E-state index contributed by atoms with van der Waals surface area (Å²) in [6.45, 7) is 0. The molecule has 2 rings (SSSR count). The van der Waals surface area contributed by atoms with Crippen molar-refractivity contribution in [2.45, 2.75) is 6.42 Å². The molecule has 7 nitrogen and oxygen atoms in total. The van der Waals surface area contributed by atoms with Gasteiger partial charge in [-0.3, -0.25) is 4.79 Å². The Labute approximate surface area is 194 Å². The second-order valence-corrected chi connectivity index (χ2v) is 5.17. The fourth-order valence-electron chi connectivity index (χ4n) is 2.06. The Balaban J connectivity index is 0.00000312. The van der Waals surface area contributed by atoms with E-state index in [4.69, 9.17) is 5.73 Å². The van der Waals surface area contributed by atoms with Crippen molar-refractivity contribution in [2.24, 2.45) is 5.92 Å². The molecule has 0 unspecified atom stereocenters. The molecule has 9 heteroatoms. The third-order valence-electron chi connectivity index (χ3n) is 3.39. The fourth-order valence-corrected chi connectivity index (χ4v) is 2.06. The van der Waals surface area contributed by atoms with E-state index in [-0.39, 0.29) is 71.4 Å². The zero-order valence-electron chi connectivity index (χ0n) is 14.5. The van der Waals surface area contributed by atoms with Crippen molar-refractivity contribution in [3.8, 4) is 0 Å². The molecule has 0 aliphatic rings. The third-order valence-corrected chi connectivity index (χ3v) is 3.39. The summed E-state index contributed by atoms with van der Waals surface area (Å²) in [5, 5.41) is 24.1. The molecule has 0 bridgehead atoms. The van der Waals surface area contributed by atoms with Crippen LogP contribution in [0.3, 0.4) is 0 Å². The molecule has 0 aliphatic heterocycles. The number of carboxylic acid groups (broad SMARTS) is 2. The summed E-state index contributed by atoms with van der Waals surface area (Å²) in [7, 11) is 0. The third kappa shape index (κ3) is 7.11. The molecule has 0 spiro atoms. The summed E-state index contributed by atoms with van der Waals surface area (Å²) in [4.78, 5) is 33.5. The maximum Gasteiger partial charge on any atom is 1.00 e. The van der Waals surface area contributed by atoms with Gasteiger partial charge >= 0.3 is 59.1 Å². The van der Waals surface area contributed by atoms with E-state index in [0.717, 1.165) is 0 Å². The Morgan fingerprint density at radius 1 is 0.885 bits per heavy atom. The first kappa shape index (κ1) is 24.7. The van der Waals surface area contributed by atoms with Crippen LogP contribution >= 0.6 is 0 Å². The van der Waals surface area contributed by atoms with Gasteiger partial charge < -0.3 is 30.9 Å². The summed E-state index contributed by atoms with van der Waals surface area (Å²) in [6.07, 6.45) is -0.253. The molecular weight excluding hydrogens is 358 g/mol. The first-order valence-corrected chi connectivity index (χ1v) is 7.04. The minimum atomic E-state index is -1.72. The normalized spacial score (nSPS) is 9.58. The number of carboxylic acids is 2. The quantitative estimate of drug-likeness (QED) is 0.294. The van der Waals surface area contributed by atoms with Crippen LogP contribution < -0.4 is 80.4 Å². The van der Waals surface area contributed by atoms with Gasteiger partial charge in [0.25, 0.3) is 5.91 Å². The molecule has 2 aromatic carbocycles. The van der Waals surface area contributed by atoms with Crippen molar-refractivity contribution in [1.29, 1.82) is 0 Å². The number of carbonyl (C=O) groups is 3. The largest absolute Gasteiger partial charge is 1.00 e. The van der Waals surface area contributed by atoms with E-state index in [9.17, 15) is 24.6 Å². The predicted molar refractivity (Wildman–Crippen MR) is 82.5 cm³/mol. The van der Waals surface area contributed by atoms with Crippen LogP contribution in [0.2, 0.25) is 0 Å². The summed E-state index contributed by atoms with van der Waals surface area (Å²) in [5.41, 5.74) is 7.49. The number of nitrogens with one attached hydrogen (secondary N) is 1. The van der Waals surface area contributed by atoms with Gasteiger partial charge in [-0.2, -0.15) is 0 Å². The summed E-state index contributed by atoms with van der Waals surface area (Å²) in [5.74, 6) is -5.45. The van der Waals surface area contributed by atoms with Crippen molar-refractivity contribution < 1.29 is 83.7 Å². The van der Waals surface area contributed by atoms with Gasteiger partial charge in [0, 0.05) is 22.9 Å². The topological polar surface area (TPSA) is 135 Å². The van der Waals surface area contributed by atoms with Crippen LogP contribution in [0, 0.1) is 5.92 Å². The first-order valence-electron chi connectivity index (χ1n) is 7.04. The Morgan fingerprint density at radius 2 is 1.38 bits per heavy atom. The number of nitrogens with two attached hydrogens (primary N) is 1. The van der Waals surface area contributed by atoms with Gasteiger partial charge in [-0.05, 0) is 48.4 Å². The first-order chi connectivity index (χ1) is 11.4. The number of carbonyl (C=O) groups excluding carboxylic acids is 3. The predicted octanol–water partition coefficient (Wildman–Crippen LogP) is -6.81. The molecule has 2 aromatic rings. The minimum absolute atomic E-state index is 0. The van der Waals surface area contributed by atoms with Crippen LogP contribution in [0.1, 0.15) is 15.9 Å². The summed E-state index contributed by atoms with van der Waals surface area (Å²) >= 11 is 0. The summed E-state index contributed by atoms with van der Waals surface area (Å²) < 4.78 is 0. The molecule has 0 saturated carbocycles. The van der Waals surface area contributed by atoms with Crippen LogP contribution in [0.25, 0.3) is 0 Å². The van der Waals surface area contributed by atoms with E-state index >= 15 is 0 Å². The number of amides is 1. The van der Waals surface area contributed by atoms with Crippen molar-refractivity contribution in [3.05, 3.63) is 59.7 Å². The fraction of sp³-hybridized carbons (Fsp3) is 0.118. The molecule has 26 heavy (non-hydrogen) atoms. The molecular formula is C17H14N2Na2O5. The standard InChI is InChI=1S/C17H16N2O5.2Na/c18-12-5-3-11(4-6-12)15(20)19-13-7-1-10(2-8-13)9-14(16(21)22)17(23)24;;/h1-8,14H,9,18H2,(H,19,20)(H,21,22)(H,23,24);;/q;2*+1/p-2. The maximum atomic E-state index is 12.0. The van der Waals surface area contributed by atoms with E-state index < -0.39 is 17.9 Å². The van der Waals surface area contributed by atoms with Crippen molar-refractivity contribution in [1.82, 2.24) is 0 Å². The molecule has 0 aromatic heterocycles. The van der Waals surface area contributed by atoms with Gasteiger partial charge in [-0.1, -0.05) is 12.1 Å². The van der Waals surface area contributed by atoms with Crippen LogP contribution in [-0.2, 0) is 16.0 Å². The van der Waals surface area contributed by atoms with E-state index in [1.807, 2.05) is 0 Å². The Bertz CT molecular complexity index is 750. The zero-order valence-corrected chi connectivity index (χ0v) is 18.5. The Kier molecular flexibility index (Phi) is 10.8. The average molecular weight is 372 g/mol.